The van der Waals surface area contributed by atoms with Crippen molar-refractivity contribution in [3.63, 3.8) is 0 Å². The van der Waals surface area contributed by atoms with Crippen LogP contribution in [0.1, 0.15) is 50.6 Å². The SMILES string of the molecule is CC(O)c1nc2cnc3[nH]ccc3c2n1C1CCCC(C#N)C1. The number of fused-ring (bicyclic) bond motifs is 3. The molecule has 6 heteroatoms. The average molecular weight is 309 g/mol. The molecular formula is C17H19N5O. The Morgan fingerprint density at radius 1 is 1.48 bits per heavy atom. The highest BCUT2D eigenvalue weighted by Gasteiger charge is 2.28. The Bertz CT molecular complexity index is 901. The van der Waals surface area contributed by atoms with Crippen LogP contribution in [-0.2, 0) is 0 Å². The first-order chi connectivity index (χ1) is 11.2. The molecule has 1 fully saturated rings. The predicted molar refractivity (Wildman–Crippen MR) is 86.6 cm³/mol. The third-order valence-corrected chi connectivity index (χ3v) is 4.83. The second kappa shape index (κ2) is 5.36. The van der Waals surface area contributed by atoms with E-state index in [9.17, 15) is 10.4 Å². The third-order valence-electron chi connectivity index (χ3n) is 4.83. The van der Waals surface area contributed by atoms with Gasteiger partial charge in [-0.2, -0.15) is 5.26 Å². The Kier molecular flexibility index (Phi) is 3.31. The molecule has 3 heterocycles. The lowest BCUT2D eigenvalue weighted by Crippen LogP contribution is -2.21. The van der Waals surface area contributed by atoms with E-state index in [-0.39, 0.29) is 12.0 Å². The Hall–Kier alpha value is -2.39. The molecule has 6 nitrogen and oxygen atoms in total. The number of H-pyrrole nitrogens is 1. The van der Waals surface area contributed by atoms with Gasteiger partial charge < -0.3 is 14.7 Å². The summed E-state index contributed by atoms with van der Waals surface area (Å²) in [6, 6.07) is 4.61. The zero-order valence-corrected chi connectivity index (χ0v) is 13.0. The second-order valence-corrected chi connectivity index (χ2v) is 6.39. The van der Waals surface area contributed by atoms with Gasteiger partial charge in [0.25, 0.3) is 0 Å². The molecule has 3 atom stereocenters. The molecule has 1 aliphatic carbocycles. The number of nitrogens with one attached hydrogen (secondary N) is 1. The zero-order chi connectivity index (χ0) is 16.0. The van der Waals surface area contributed by atoms with Crippen molar-refractivity contribution in [2.75, 3.05) is 0 Å². The number of aromatic nitrogens is 4. The average Bonchev–Trinajstić information content (AvgIpc) is 3.18. The number of hydrogen-bond acceptors (Lipinski definition) is 4. The molecule has 0 saturated heterocycles. The molecule has 3 aromatic rings. The van der Waals surface area contributed by atoms with Gasteiger partial charge >= 0.3 is 0 Å². The van der Waals surface area contributed by atoms with Crippen LogP contribution >= 0.6 is 0 Å². The summed E-state index contributed by atoms with van der Waals surface area (Å²) in [6.45, 7) is 1.74. The number of rotatable bonds is 2. The van der Waals surface area contributed by atoms with Crippen LogP contribution < -0.4 is 0 Å². The van der Waals surface area contributed by atoms with E-state index < -0.39 is 6.10 Å². The lowest BCUT2D eigenvalue weighted by Gasteiger charge is -2.29. The minimum atomic E-state index is -0.654. The molecule has 0 aliphatic heterocycles. The van der Waals surface area contributed by atoms with Gasteiger partial charge in [-0.1, -0.05) is 6.42 Å². The van der Waals surface area contributed by atoms with Crippen molar-refractivity contribution in [2.24, 2.45) is 5.92 Å². The fraction of sp³-hybridized carbons (Fsp3) is 0.471. The molecule has 118 valence electrons. The maximum absolute atomic E-state index is 10.2. The molecule has 3 aromatic heterocycles. The molecule has 0 bridgehead atoms. The van der Waals surface area contributed by atoms with E-state index in [1.165, 1.54) is 0 Å². The Morgan fingerprint density at radius 3 is 3.13 bits per heavy atom. The van der Waals surface area contributed by atoms with E-state index in [4.69, 9.17) is 0 Å². The van der Waals surface area contributed by atoms with Gasteiger partial charge in [0, 0.05) is 23.5 Å². The molecule has 1 saturated carbocycles. The van der Waals surface area contributed by atoms with Gasteiger partial charge in [-0.05, 0) is 32.3 Å². The molecule has 3 unspecified atom stereocenters. The largest absolute Gasteiger partial charge is 0.385 e. The highest BCUT2D eigenvalue weighted by atomic mass is 16.3. The predicted octanol–water partition coefficient (Wildman–Crippen LogP) is 3.22. The summed E-state index contributed by atoms with van der Waals surface area (Å²) in [5, 5.41) is 20.5. The molecule has 4 rings (SSSR count). The van der Waals surface area contributed by atoms with Crippen LogP contribution in [0.5, 0.6) is 0 Å². The van der Waals surface area contributed by atoms with Gasteiger partial charge in [0.05, 0.1) is 17.8 Å². The van der Waals surface area contributed by atoms with Crippen molar-refractivity contribution in [3.05, 3.63) is 24.3 Å². The summed E-state index contributed by atoms with van der Waals surface area (Å²) in [6.07, 6.45) is 6.79. The molecule has 0 spiro atoms. The monoisotopic (exact) mass is 309 g/mol. The number of aliphatic hydroxyl groups excluding tert-OH is 1. The van der Waals surface area contributed by atoms with Gasteiger partial charge in [0.15, 0.2) is 0 Å². The molecule has 0 radical (unpaired) electrons. The maximum Gasteiger partial charge on any atom is 0.139 e. The Labute approximate surface area is 133 Å². The minimum Gasteiger partial charge on any atom is -0.385 e. The number of aromatic amines is 1. The van der Waals surface area contributed by atoms with Crippen LogP contribution in [0.15, 0.2) is 18.5 Å². The summed E-state index contributed by atoms with van der Waals surface area (Å²) in [7, 11) is 0. The normalized spacial score (nSPS) is 23.2. The molecule has 0 aromatic carbocycles. The van der Waals surface area contributed by atoms with Gasteiger partial charge in [-0.25, -0.2) is 9.97 Å². The van der Waals surface area contributed by atoms with E-state index in [1.54, 1.807) is 13.1 Å². The number of pyridine rings is 1. The quantitative estimate of drug-likeness (QED) is 0.760. The maximum atomic E-state index is 10.2. The number of aliphatic hydroxyl groups is 1. The molecule has 23 heavy (non-hydrogen) atoms. The van der Waals surface area contributed by atoms with Gasteiger partial charge in [-0.3, -0.25) is 0 Å². The van der Waals surface area contributed by atoms with Gasteiger partial charge in [-0.15, -0.1) is 0 Å². The first-order valence-electron chi connectivity index (χ1n) is 8.10. The third kappa shape index (κ3) is 2.20. The highest BCUT2D eigenvalue weighted by molar-refractivity contribution is 6.01. The minimum absolute atomic E-state index is 0.0802. The van der Waals surface area contributed by atoms with E-state index in [0.29, 0.717) is 5.82 Å². The summed E-state index contributed by atoms with van der Waals surface area (Å²) in [5.74, 6) is 0.746. The molecular weight excluding hydrogens is 290 g/mol. The van der Waals surface area contributed by atoms with Gasteiger partial charge in [0.2, 0.25) is 0 Å². The lowest BCUT2D eigenvalue weighted by atomic mass is 9.86. The van der Waals surface area contributed by atoms with Crippen molar-refractivity contribution >= 4 is 22.1 Å². The first-order valence-corrected chi connectivity index (χ1v) is 8.10. The van der Waals surface area contributed by atoms with E-state index in [2.05, 4.69) is 25.6 Å². The molecule has 0 amide bonds. The number of nitrogens with zero attached hydrogens (tertiary/aromatic N) is 4. The van der Waals surface area contributed by atoms with Crippen molar-refractivity contribution in [1.82, 2.24) is 19.5 Å². The standard InChI is InChI=1S/C17H19N5O/c1-10(23)17-21-14-9-20-16-13(5-6-19-16)15(14)22(17)12-4-2-3-11(7-12)8-18/h5-6,9-12,23H,2-4,7H2,1H3,(H,19,20). The van der Waals surface area contributed by atoms with Crippen molar-refractivity contribution in [3.8, 4) is 6.07 Å². The first kappa shape index (κ1) is 14.2. The highest BCUT2D eigenvalue weighted by Crippen LogP contribution is 2.38. The Morgan fingerprint density at radius 2 is 2.35 bits per heavy atom. The van der Waals surface area contributed by atoms with Gasteiger partial charge in [0.1, 0.15) is 23.1 Å². The fourth-order valence-electron chi connectivity index (χ4n) is 3.79. The van der Waals surface area contributed by atoms with Crippen molar-refractivity contribution in [2.45, 2.75) is 44.8 Å². The Balaban J connectivity index is 1.97. The number of imidazole rings is 1. The van der Waals surface area contributed by atoms with E-state index >= 15 is 0 Å². The summed E-state index contributed by atoms with van der Waals surface area (Å²) in [5.41, 5.74) is 2.63. The number of hydrogen-bond donors (Lipinski definition) is 2. The van der Waals surface area contributed by atoms with Crippen LogP contribution in [0.3, 0.4) is 0 Å². The topological polar surface area (TPSA) is 90.5 Å². The van der Waals surface area contributed by atoms with Crippen molar-refractivity contribution in [1.29, 1.82) is 5.26 Å². The van der Waals surface area contributed by atoms with Crippen LogP contribution in [0.4, 0.5) is 0 Å². The van der Waals surface area contributed by atoms with Crippen LogP contribution in [0, 0.1) is 17.2 Å². The smallest absolute Gasteiger partial charge is 0.139 e. The van der Waals surface area contributed by atoms with Crippen LogP contribution in [0.2, 0.25) is 0 Å². The fourth-order valence-corrected chi connectivity index (χ4v) is 3.79. The summed E-state index contributed by atoms with van der Waals surface area (Å²) < 4.78 is 2.15. The number of nitriles is 1. The summed E-state index contributed by atoms with van der Waals surface area (Å²) >= 11 is 0. The summed E-state index contributed by atoms with van der Waals surface area (Å²) in [4.78, 5) is 12.1. The second-order valence-electron chi connectivity index (χ2n) is 6.39. The van der Waals surface area contributed by atoms with Crippen molar-refractivity contribution < 1.29 is 5.11 Å². The van der Waals surface area contributed by atoms with Crippen LogP contribution in [-0.4, -0.2) is 24.6 Å². The zero-order valence-electron chi connectivity index (χ0n) is 13.0. The van der Waals surface area contributed by atoms with Crippen LogP contribution in [0.25, 0.3) is 22.1 Å². The molecule has 2 N–H and O–H groups in total. The van der Waals surface area contributed by atoms with E-state index in [1.807, 2.05) is 12.3 Å². The molecule has 1 aliphatic rings. The van der Waals surface area contributed by atoms with E-state index in [0.717, 1.165) is 47.8 Å². The lowest BCUT2D eigenvalue weighted by molar-refractivity contribution is 0.176.